The highest BCUT2D eigenvalue weighted by molar-refractivity contribution is 7.97. The van der Waals surface area contributed by atoms with Crippen molar-refractivity contribution in [3.8, 4) is 0 Å². The third kappa shape index (κ3) is 2.27. The van der Waals surface area contributed by atoms with Gasteiger partial charge in [-0.05, 0) is 32.7 Å². The van der Waals surface area contributed by atoms with Crippen molar-refractivity contribution >= 4 is 11.9 Å². The lowest BCUT2D eigenvalue weighted by Gasteiger charge is -1.99. The summed E-state index contributed by atoms with van der Waals surface area (Å²) >= 11 is 1.70. The predicted molar refractivity (Wildman–Crippen MR) is 56.7 cm³/mol. The van der Waals surface area contributed by atoms with E-state index >= 15 is 0 Å². The Labute approximate surface area is 79.5 Å². The Kier molecular flexibility index (Phi) is 5.06. The Morgan fingerprint density at radius 1 is 1.17 bits per heavy atom. The smallest absolute Gasteiger partial charge is 0.116 e. The molecule has 1 heterocycles. The van der Waals surface area contributed by atoms with Crippen molar-refractivity contribution in [2.75, 3.05) is 6.26 Å². The maximum absolute atomic E-state index is 4.32. The standard InChI is InChI=1S/C7H12N2S.C2H6/c1-5-6(2)9(10-4)7(3)8-5;1-2/h1-4H3;1-2H3. The number of imidazole rings is 1. The molecule has 0 aliphatic rings. The van der Waals surface area contributed by atoms with E-state index in [0.717, 1.165) is 11.5 Å². The second kappa shape index (κ2) is 5.25. The van der Waals surface area contributed by atoms with Crippen LogP contribution in [0.25, 0.3) is 0 Å². The van der Waals surface area contributed by atoms with Gasteiger partial charge in [-0.3, -0.25) is 3.97 Å². The van der Waals surface area contributed by atoms with Crippen LogP contribution in [-0.4, -0.2) is 15.2 Å². The summed E-state index contributed by atoms with van der Waals surface area (Å²) < 4.78 is 2.13. The minimum Gasteiger partial charge on any atom is -0.275 e. The molecule has 0 saturated carbocycles. The van der Waals surface area contributed by atoms with Crippen LogP contribution in [0, 0.1) is 20.8 Å². The van der Waals surface area contributed by atoms with Crippen LogP contribution in [0.1, 0.15) is 31.1 Å². The normalized spacial score (nSPS) is 9.17. The molecule has 2 nitrogen and oxygen atoms in total. The van der Waals surface area contributed by atoms with Crippen LogP contribution in [0.5, 0.6) is 0 Å². The molecule has 3 heteroatoms. The molecule has 1 aromatic rings. The summed E-state index contributed by atoms with van der Waals surface area (Å²) in [6.45, 7) is 10.2. The Morgan fingerprint density at radius 2 is 1.67 bits per heavy atom. The van der Waals surface area contributed by atoms with Crippen LogP contribution < -0.4 is 0 Å². The molecule has 0 radical (unpaired) electrons. The van der Waals surface area contributed by atoms with Crippen LogP contribution in [-0.2, 0) is 0 Å². The van der Waals surface area contributed by atoms with Gasteiger partial charge in [0.2, 0.25) is 0 Å². The van der Waals surface area contributed by atoms with Crippen LogP contribution in [0.2, 0.25) is 0 Å². The Balaban J connectivity index is 0.000000561. The lowest BCUT2D eigenvalue weighted by molar-refractivity contribution is 1.07. The van der Waals surface area contributed by atoms with Gasteiger partial charge in [-0.1, -0.05) is 13.8 Å². The molecular formula is C9H18N2S. The molecule has 12 heavy (non-hydrogen) atoms. The van der Waals surface area contributed by atoms with Gasteiger partial charge in [0.15, 0.2) is 0 Å². The SMILES string of the molecule is CC.CSn1c(C)nc(C)c1C. The molecular weight excluding hydrogens is 168 g/mol. The van der Waals surface area contributed by atoms with Crippen molar-refractivity contribution in [2.24, 2.45) is 0 Å². The second-order valence-corrected chi connectivity index (χ2v) is 3.04. The van der Waals surface area contributed by atoms with Gasteiger partial charge < -0.3 is 0 Å². The molecule has 0 amide bonds. The van der Waals surface area contributed by atoms with E-state index < -0.39 is 0 Å². The minimum atomic E-state index is 1.09. The molecule has 1 aromatic heterocycles. The minimum absolute atomic E-state index is 1.09. The Hall–Kier alpha value is -0.440. The Bertz CT molecular complexity index is 241. The molecule has 0 aliphatic heterocycles. The highest BCUT2D eigenvalue weighted by Gasteiger charge is 2.04. The van der Waals surface area contributed by atoms with E-state index in [2.05, 4.69) is 22.1 Å². The van der Waals surface area contributed by atoms with Crippen molar-refractivity contribution in [3.05, 3.63) is 17.2 Å². The summed E-state index contributed by atoms with van der Waals surface area (Å²) in [5.74, 6) is 1.09. The molecule has 1 rings (SSSR count). The van der Waals surface area contributed by atoms with Crippen molar-refractivity contribution < 1.29 is 0 Å². The second-order valence-electron chi connectivity index (χ2n) is 2.31. The fourth-order valence-electron chi connectivity index (χ4n) is 1.03. The van der Waals surface area contributed by atoms with Gasteiger partial charge in [0, 0.05) is 11.9 Å². The molecule has 0 N–H and O–H groups in total. The number of nitrogens with zero attached hydrogens (tertiary/aromatic N) is 2. The largest absolute Gasteiger partial charge is 0.275 e. The highest BCUT2D eigenvalue weighted by atomic mass is 32.2. The van der Waals surface area contributed by atoms with E-state index in [0.29, 0.717) is 0 Å². The van der Waals surface area contributed by atoms with Crippen molar-refractivity contribution in [2.45, 2.75) is 34.6 Å². The third-order valence-corrected chi connectivity index (χ3v) is 2.54. The predicted octanol–water partition coefficient (Wildman–Crippen LogP) is 2.96. The number of hydrogen-bond donors (Lipinski definition) is 0. The first-order valence-corrected chi connectivity index (χ1v) is 5.42. The highest BCUT2D eigenvalue weighted by Crippen LogP contribution is 2.14. The first kappa shape index (κ1) is 11.6. The summed E-state index contributed by atoms with van der Waals surface area (Å²) in [5.41, 5.74) is 2.39. The lowest BCUT2D eigenvalue weighted by atomic mass is 10.4. The summed E-state index contributed by atoms with van der Waals surface area (Å²) in [4.78, 5) is 4.32. The lowest BCUT2D eigenvalue weighted by Crippen LogP contribution is -1.90. The summed E-state index contributed by atoms with van der Waals surface area (Å²) in [7, 11) is 0. The topological polar surface area (TPSA) is 17.8 Å². The zero-order valence-electron chi connectivity index (χ0n) is 8.80. The number of aromatic nitrogens is 2. The molecule has 0 aliphatic carbocycles. The van der Waals surface area contributed by atoms with E-state index in [1.165, 1.54) is 5.69 Å². The summed E-state index contributed by atoms with van der Waals surface area (Å²) in [5, 5.41) is 0. The molecule has 0 spiro atoms. The van der Waals surface area contributed by atoms with Gasteiger partial charge in [-0.2, -0.15) is 0 Å². The Morgan fingerprint density at radius 3 is 1.83 bits per heavy atom. The monoisotopic (exact) mass is 186 g/mol. The summed E-state index contributed by atoms with van der Waals surface area (Å²) in [6.07, 6.45) is 2.06. The van der Waals surface area contributed by atoms with Crippen LogP contribution in [0.3, 0.4) is 0 Å². The van der Waals surface area contributed by atoms with Gasteiger partial charge in [0.25, 0.3) is 0 Å². The van der Waals surface area contributed by atoms with Crippen molar-refractivity contribution in [3.63, 3.8) is 0 Å². The average Bonchev–Trinajstić information content (AvgIpc) is 2.31. The molecule has 0 aromatic carbocycles. The van der Waals surface area contributed by atoms with E-state index in [1.807, 2.05) is 27.7 Å². The van der Waals surface area contributed by atoms with Crippen LogP contribution in [0.15, 0.2) is 0 Å². The number of hydrogen-bond acceptors (Lipinski definition) is 2. The average molecular weight is 186 g/mol. The molecule has 0 fully saturated rings. The first-order valence-electron chi connectivity index (χ1n) is 4.24. The van der Waals surface area contributed by atoms with Crippen LogP contribution >= 0.6 is 11.9 Å². The molecule has 0 unspecified atom stereocenters. The quantitative estimate of drug-likeness (QED) is 0.671. The maximum Gasteiger partial charge on any atom is 0.116 e. The van der Waals surface area contributed by atoms with Crippen LogP contribution in [0.4, 0.5) is 0 Å². The van der Waals surface area contributed by atoms with E-state index in [-0.39, 0.29) is 0 Å². The van der Waals surface area contributed by atoms with Gasteiger partial charge in [0.1, 0.15) is 5.82 Å². The number of rotatable bonds is 1. The molecule has 0 saturated heterocycles. The van der Waals surface area contributed by atoms with Gasteiger partial charge >= 0.3 is 0 Å². The third-order valence-electron chi connectivity index (χ3n) is 1.63. The zero-order chi connectivity index (χ0) is 9.72. The van der Waals surface area contributed by atoms with Gasteiger partial charge in [-0.15, -0.1) is 0 Å². The van der Waals surface area contributed by atoms with E-state index in [4.69, 9.17) is 0 Å². The first-order chi connectivity index (χ1) is 5.66. The molecule has 0 atom stereocenters. The van der Waals surface area contributed by atoms with Gasteiger partial charge in [0.05, 0.1) is 5.69 Å². The van der Waals surface area contributed by atoms with Crippen molar-refractivity contribution in [1.29, 1.82) is 0 Å². The fourth-order valence-corrected chi connectivity index (χ4v) is 1.74. The number of aryl methyl sites for hydroxylation is 2. The molecule has 70 valence electrons. The summed E-state index contributed by atoms with van der Waals surface area (Å²) in [6, 6.07) is 0. The van der Waals surface area contributed by atoms with Gasteiger partial charge in [-0.25, -0.2) is 4.98 Å². The maximum atomic E-state index is 4.32. The van der Waals surface area contributed by atoms with E-state index in [1.54, 1.807) is 11.9 Å². The van der Waals surface area contributed by atoms with Crippen molar-refractivity contribution in [1.82, 2.24) is 8.96 Å². The zero-order valence-corrected chi connectivity index (χ0v) is 9.62. The van der Waals surface area contributed by atoms with E-state index in [9.17, 15) is 0 Å². The molecule has 0 bridgehead atoms. The fraction of sp³-hybridized carbons (Fsp3) is 0.667.